The van der Waals surface area contributed by atoms with Crippen molar-refractivity contribution in [3.63, 3.8) is 0 Å². The van der Waals surface area contributed by atoms with Crippen LogP contribution in [-0.4, -0.2) is 27.8 Å². The van der Waals surface area contributed by atoms with Crippen LogP contribution in [0.25, 0.3) is 0 Å². The van der Waals surface area contributed by atoms with Gasteiger partial charge >= 0.3 is 0 Å². The normalized spacial score (nSPS) is 22.4. The molecule has 2 heterocycles. The molecule has 0 bridgehead atoms. The number of nitrogens with zero attached hydrogens (tertiary/aromatic N) is 3. The van der Waals surface area contributed by atoms with Crippen LogP contribution in [0.4, 0.5) is 5.82 Å². The van der Waals surface area contributed by atoms with Crippen LogP contribution < -0.4 is 5.73 Å². The van der Waals surface area contributed by atoms with Crippen molar-refractivity contribution in [2.75, 3.05) is 18.8 Å². The molecule has 1 aliphatic heterocycles. The van der Waals surface area contributed by atoms with E-state index in [2.05, 4.69) is 10.00 Å². The maximum atomic E-state index is 5.69. The predicted octanol–water partition coefficient (Wildman–Crippen LogP) is 1.08. The van der Waals surface area contributed by atoms with E-state index < -0.39 is 0 Å². The zero-order valence-electron chi connectivity index (χ0n) is 9.02. The van der Waals surface area contributed by atoms with Crippen LogP contribution in [0.15, 0.2) is 6.07 Å². The second kappa shape index (κ2) is 3.52. The van der Waals surface area contributed by atoms with Gasteiger partial charge in [0.15, 0.2) is 0 Å². The van der Waals surface area contributed by atoms with Crippen LogP contribution in [0.3, 0.4) is 0 Å². The molecule has 0 spiro atoms. The predicted molar refractivity (Wildman–Crippen MR) is 59.3 cm³/mol. The van der Waals surface area contributed by atoms with Crippen LogP contribution in [0.2, 0.25) is 0 Å². The Bertz CT molecular complexity index is 353. The molecule has 0 atom stereocenters. The minimum Gasteiger partial charge on any atom is -0.382 e. The minimum absolute atomic E-state index is 0.662. The Hall–Kier alpha value is -1.03. The molecule has 1 aliphatic carbocycles. The molecule has 0 unspecified atom stereocenters. The quantitative estimate of drug-likeness (QED) is 0.787. The molecule has 1 fully saturated rings. The summed E-state index contributed by atoms with van der Waals surface area (Å²) >= 11 is 0. The lowest BCUT2D eigenvalue weighted by atomic mass is 9.85. The fourth-order valence-corrected chi connectivity index (χ4v) is 2.54. The van der Waals surface area contributed by atoms with Crippen LogP contribution in [-0.2, 0) is 13.1 Å². The van der Waals surface area contributed by atoms with Crippen LogP contribution in [0.5, 0.6) is 0 Å². The molecule has 1 aromatic heterocycles. The van der Waals surface area contributed by atoms with Gasteiger partial charge < -0.3 is 5.73 Å². The largest absolute Gasteiger partial charge is 0.382 e. The second-order valence-corrected chi connectivity index (χ2v) is 4.82. The van der Waals surface area contributed by atoms with Gasteiger partial charge in [0.25, 0.3) is 0 Å². The number of anilines is 1. The highest BCUT2D eigenvalue weighted by molar-refractivity contribution is 5.29. The Labute approximate surface area is 90.0 Å². The molecule has 0 aromatic carbocycles. The van der Waals surface area contributed by atoms with Gasteiger partial charge in [-0.1, -0.05) is 6.42 Å². The number of nitrogen functional groups attached to an aromatic ring is 1. The van der Waals surface area contributed by atoms with E-state index in [1.165, 1.54) is 31.5 Å². The molecule has 1 saturated carbocycles. The van der Waals surface area contributed by atoms with Gasteiger partial charge in [0.2, 0.25) is 0 Å². The summed E-state index contributed by atoms with van der Waals surface area (Å²) in [5.74, 6) is 1.62. The first-order chi connectivity index (χ1) is 7.31. The van der Waals surface area contributed by atoms with Crippen molar-refractivity contribution in [1.29, 1.82) is 0 Å². The van der Waals surface area contributed by atoms with Gasteiger partial charge in [-0.15, -0.1) is 0 Å². The minimum atomic E-state index is 0.662. The molecular formula is C11H18N4. The van der Waals surface area contributed by atoms with Gasteiger partial charge in [-0.3, -0.25) is 9.58 Å². The SMILES string of the molecule is Nc1cc2n(n1)CCN(CC1CCC1)C2. The zero-order valence-corrected chi connectivity index (χ0v) is 9.02. The van der Waals surface area contributed by atoms with Gasteiger partial charge in [-0.05, 0) is 18.8 Å². The third-order valence-corrected chi connectivity index (χ3v) is 3.64. The molecular weight excluding hydrogens is 188 g/mol. The summed E-state index contributed by atoms with van der Waals surface area (Å²) in [6, 6.07) is 2.01. The average molecular weight is 206 g/mol. The summed E-state index contributed by atoms with van der Waals surface area (Å²) in [5.41, 5.74) is 6.97. The molecule has 2 N–H and O–H groups in total. The molecule has 3 rings (SSSR count). The number of hydrogen-bond acceptors (Lipinski definition) is 3. The standard InChI is InChI=1S/C11H18N4/c12-11-6-10-8-14(4-5-15(10)13-11)7-9-2-1-3-9/h6,9H,1-5,7-8H2,(H2,12,13). The lowest BCUT2D eigenvalue weighted by Gasteiger charge is -2.34. The molecule has 82 valence electrons. The third kappa shape index (κ3) is 1.74. The van der Waals surface area contributed by atoms with Gasteiger partial charge in [0.05, 0.1) is 12.2 Å². The van der Waals surface area contributed by atoms with Crippen molar-refractivity contribution in [3.8, 4) is 0 Å². The summed E-state index contributed by atoms with van der Waals surface area (Å²) in [4.78, 5) is 2.54. The number of fused-ring (bicyclic) bond motifs is 1. The highest BCUT2D eigenvalue weighted by Crippen LogP contribution is 2.28. The number of hydrogen-bond donors (Lipinski definition) is 1. The van der Waals surface area contributed by atoms with Gasteiger partial charge in [0, 0.05) is 25.7 Å². The summed E-state index contributed by atoms with van der Waals surface area (Å²) in [6.45, 7) is 4.43. The molecule has 15 heavy (non-hydrogen) atoms. The van der Waals surface area contributed by atoms with Crippen molar-refractivity contribution < 1.29 is 0 Å². The Morgan fingerprint density at radius 2 is 2.27 bits per heavy atom. The lowest BCUT2D eigenvalue weighted by molar-refractivity contribution is 0.145. The molecule has 0 radical (unpaired) electrons. The summed E-state index contributed by atoms with van der Waals surface area (Å²) in [6.07, 6.45) is 4.29. The first-order valence-electron chi connectivity index (χ1n) is 5.86. The first kappa shape index (κ1) is 9.21. The fraction of sp³-hybridized carbons (Fsp3) is 0.727. The van der Waals surface area contributed by atoms with Crippen molar-refractivity contribution in [1.82, 2.24) is 14.7 Å². The van der Waals surface area contributed by atoms with E-state index >= 15 is 0 Å². The number of aromatic nitrogens is 2. The number of nitrogens with two attached hydrogens (primary N) is 1. The van der Waals surface area contributed by atoms with Crippen molar-refractivity contribution in [2.45, 2.75) is 32.4 Å². The van der Waals surface area contributed by atoms with Crippen molar-refractivity contribution in [2.24, 2.45) is 5.92 Å². The lowest BCUT2D eigenvalue weighted by Crippen LogP contribution is -2.38. The van der Waals surface area contributed by atoms with Gasteiger partial charge in [0.1, 0.15) is 5.82 Å². The summed E-state index contributed by atoms with van der Waals surface area (Å²) < 4.78 is 2.05. The second-order valence-electron chi connectivity index (χ2n) is 4.82. The van der Waals surface area contributed by atoms with E-state index in [0.29, 0.717) is 5.82 Å². The Balaban J connectivity index is 1.65. The van der Waals surface area contributed by atoms with E-state index in [1.807, 2.05) is 10.7 Å². The Kier molecular flexibility index (Phi) is 2.16. The van der Waals surface area contributed by atoms with E-state index in [9.17, 15) is 0 Å². The van der Waals surface area contributed by atoms with Gasteiger partial charge in [-0.25, -0.2) is 0 Å². The molecule has 2 aliphatic rings. The maximum Gasteiger partial charge on any atom is 0.145 e. The molecule has 4 heteroatoms. The molecule has 4 nitrogen and oxygen atoms in total. The van der Waals surface area contributed by atoms with Crippen molar-refractivity contribution in [3.05, 3.63) is 11.8 Å². The smallest absolute Gasteiger partial charge is 0.145 e. The monoisotopic (exact) mass is 206 g/mol. The van der Waals surface area contributed by atoms with Crippen LogP contribution >= 0.6 is 0 Å². The molecule has 0 saturated heterocycles. The Morgan fingerprint density at radius 3 is 3.00 bits per heavy atom. The molecule has 1 aromatic rings. The summed E-state index contributed by atoms with van der Waals surface area (Å²) in [5, 5.41) is 4.27. The van der Waals surface area contributed by atoms with Crippen LogP contribution in [0.1, 0.15) is 25.0 Å². The highest BCUT2D eigenvalue weighted by Gasteiger charge is 2.23. The van der Waals surface area contributed by atoms with E-state index in [1.54, 1.807) is 0 Å². The topological polar surface area (TPSA) is 47.1 Å². The first-order valence-corrected chi connectivity index (χ1v) is 5.86. The van der Waals surface area contributed by atoms with Crippen LogP contribution in [0, 0.1) is 5.92 Å². The van der Waals surface area contributed by atoms with E-state index in [4.69, 9.17) is 5.73 Å². The van der Waals surface area contributed by atoms with E-state index in [-0.39, 0.29) is 0 Å². The van der Waals surface area contributed by atoms with Gasteiger partial charge in [-0.2, -0.15) is 5.10 Å². The summed E-state index contributed by atoms with van der Waals surface area (Å²) in [7, 11) is 0. The fourth-order valence-electron chi connectivity index (χ4n) is 2.54. The number of rotatable bonds is 2. The van der Waals surface area contributed by atoms with Crippen molar-refractivity contribution >= 4 is 5.82 Å². The maximum absolute atomic E-state index is 5.69. The molecule has 0 amide bonds. The average Bonchev–Trinajstić information content (AvgIpc) is 2.50. The highest BCUT2D eigenvalue weighted by atomic mass is 15.4. The Morgan fingerprint density at radius 1 is 1.40 bits per heavy atom. The van der Waals surface area contributed by atoms with E-state index in [0.717, 1.165) is 25.6 Å². The third-order valence-electron chi connectivity index (χ3n) is 3.64. The zero-order chi connectivity index (χ0) is 10.3.